The number of aromatic nitrogens is 3. The first-order valence-electron chi connectivity index (χ1n) is 11.0. The van der Waals surface area contributed by atoms with E-state index in [4.69, 9.17) is 4.98 Å². The standard InChI is InChI=1S/C26H22BN5O3/c27-21-15-29-32-24(13-22(31-25(21)32)20-9-1-2-10-23(20)34)28-14-16-5-3-7-18(11-16)30-26(35)17-6-4-8-19(33)12-17/h1-13,15,28,33-34H,14,27H2,(H,30,35). The van der Waals surface area contributed by atoms with Crippen LogP contribution < -0.4 is 16.1 Å². The second-order valence-electron chi connectivity index (χ2n) is 8.17. The number of nitrogens with one attached hydrogen (secondary N) is 2. The minimum Gasteiger partial charge on any atom is -0.508 e. The summed E-state index contributed by atoms with van der Waals surface area (Å²) in [5, 5.41) is 30.6. The summed E-state index contributed by atoms with van der Waals surface area (Å²) in [6.45, 7) is 0.466. The van der Waals surface area contributed by atoms with Gasteiger partial charge in [0.25, 0.3) is 5.91 Å². The SMILES string of the molecule is Bc1cnn2c(NCc3cccc(NC(=O)c4cccc(O)c4)c3)cc(-c3ccccc3O)nc12. The Hall–Kier alpha value is -4.79. The van der Waals surface area contributed by atoms with Crippen LogP contribution in [0.3, 0.4) is 0 Å². The number of hydrogen-bond donors (Lipinski definition) is 4. The first-order valence-corrected chi connectivity index (χ1v) is 11.0. The van der Waals surface area contributed by atoms with Gasteiger partial charge in [-0.2, -0.15) is 9.61 Å². The van der Waals surface area contributed by atoms with Gasteiger partial charge in [0.15, 0.2) is 5.65 Å². The van der Waals surface area contributed by atoms with Gasteiger partial charge in [0.2, 0.25) is 0 Å². The molecule has 172 valence electrons. The highest BCUT2D eigenvalue weighted by Crippen LogP contribution is 2.29. The Morgan fingerprint density at radius 1 is 0.971 bits per heavy atom. The first kappa shape index (κ1) is 22.0. The fourth-order valence-corrected chi connectivity index (χ4v) is 3.83. The molecule has 0 radical (unpaired) electrons. The van der Waals surface area contributed by atoms with Gasteiger partial charge in [0, 0.05) is 35.6 Å². The Bertz CT molecular complexity index is 1550. The molecule has 0 atom stereocenters. The molecule has 0 saturated carbocycles. The van der Waals surface area contributed by atoms with Crippen LogP contribution >= 0.6 is 0 Å². The largest absolute Gasteiger partial charge is 0.508 e. The molecular formula is C26H22BN5O3. The van der Waals surface area contributed by atoms with Crippen LogP contribution in [-0.2, 0) is 6.54 Å². The molecule has 0 bridgehead atoms. The maximum absolute atomic E-state index is 12.5. The lowest BCUT2D eigenvalue weighted by Gasteiger charge is -2.13. The lowest BCUT2D eigenvalue weighted by atomic mass is 10.0. The minimum absolute atomic E-state index is 0.0383. The number of nitrogens with zero attached hydrogens (tertiary/aromatic N) is 3. The molecule has 9 heteroatoms. The van der Waals surface area contributed by atoms with Crippen molar-refractivity contribution in [3.05, 3.63) is 96.2 Å². The smallest absolute Gasteiger partial charge is 0.255 e. The number of rotatable bonds is 6. The average Bonchev–Trinajstić information content (AvgIpc) is 3.24. The molecule has 1 amide bonds. The Labute approximate surface area is 202 Å². The molecule has 0 spiro atoms. The van der Waals surface area contributed by atoms with E-state index in [0.717, 1.165) is 16.8 Å². The molecule has 0 aliphatic carbocycles. The third-order valence-corrected chi connectivity index (χ3v) is 5.59. The number of phenolic OH excluding ortho intramolecular Hbond substituents is 2. The highest BCUT2D eigenvalue weighted by atomic mass is 16.3. The van der Waals surface area contributed by atoms with Crippen molar-refractivity contribution in [3.63, 3.8) is 0 Å². The van der Waals surface area contributed by atoms with Crippen LogP contribution in [-0.4, -0.2) is 38.6 Å². The van der Waals surface area contributed by atoms with Crippen molar-refractivity contribution in [1.29, 1.82) is 0 Å². The number of aromatic hydroxyl groups is 2. The molecule has 0 aliphatic rings. The van der Waals surface area contributed by atoms with Gasteiger partial charge in [0.1, 0.15) is 25.2 Å². The fourth-order valence-electron chi connectivity index (χ4n) is 3.83. The number of carbonyl (C=O) groups excluding carboxylic acids is 1. The summed E-state index contributed by atoms with van der Waals surface area (Å²) in [7, 11) is 1.94. The number of benzene rings is 3. The minimum atomic E-state index is -0.304. The number of amides is 1. The van der Waals surface area contributed by atoms with E-state index in [1.807, 2.05) is 50.3 Å². The predicted molar refractivity (Wildman–Crippen MR) is 138 cm³/mol. The highest BCUT2D eigenvalue weighted by molar-refractivity contribution is 6.36. The Morgan fingerprint density at radius 3 is 2.63 bits per heavy atom. The van der Waals surface area contributed by atoms with E-state index in [9.17, 15) is 15.0 Å². The van der Waals surface area contributed by atoms with Crippen molar-refractivity contribution in [1.82, 2.24) is 14.6 Å². The van der Waals surface area contributed by atoms with Gasteiger partial charge in [-0.05, 0) is 53.5 Å². The van der Waals surface area contributed by atoms with Gasteiger partial charge < -0.3 is 20.8 Å². The number of phenols is 2. The van der Waals surface area contributed by atoms with E-state index < -0.39 is 0 Å². The number of para-hydroxylation sites is 1. The quantitative estimate of drug-likeness (QED) is 0.288. The van der Waals surface area contributed by atoms with Crippen LogP contribution in [0.25, 0.3) is 16.9 Å². The molecule has 0 aliphatic heterocycles. The molecule has 35 heavy (non-hydrogen) atoms. The Morgan fingerprint density at radius 2 is 1.80 bits per heavy atom. The summed E-state index contributed by atoms with van der Waals surface area (Å²) in [6.07, 6.45) is 1.75. The second kappa shape index (κ2) is 9.22. The Balaban J connectivity index is 1.39. The lowest BCUT2D eigenvalue weighted by Crippen LogP contribution is -2.12. The van der Waals surface area contributed by atoms with Gasteiger partial charge in [0.05, 0.1) is 5.69 Å². The fraction of sp³-hybridized carbons (Fsp3) is 0.0385. The summed E-state index contributed by atoms with van der Waals surface area (Å²) < 4.78 is 1.73. The van der Waals surface area contributed by atoms with Gasteiger partial charge in [-0.1, -0.05) is 30.3 Å². The summed E-state index contributed by atoms with van der Waals surface area (Å²) in [6, 6.07) is 22.6. The number of anilines is 2. The van der Waals surface area contributed by atoms with E-state index in [2.05, 4.69) is 15.7 Å². The first-order chi connectivity index (χ1) is 17.0. The molecule has 0 unspecified atom stereocenters. The normalized spacial score (nSPS) is 10.9. The highest BCUT2D eigenvalue weighted by Gasteiger charge is 2.13. The zero-order valence-electron chi connectivity index (χ0n) is 18.9. The van der Waals surface area contributed by atoms with Crippen molar-refractivity contribution in [3.8, 4) is 22.8 Å². The summed E-state index contributed by atoms with van der Waals surface area (Å²) >= 11 is 0. The van der Waals surface area contributed by atoms with E-state index in [-0.39, 0.29) is 17.4 Å². The summed E-state index contributed by atoms with van der Waals surface area (Å²) in [5.41, 5.74) is 4.84. The predicted octanol–water partition coefficient (Wildman–Crippen LogP) is 2.93. The Kier molecular flexibility index (Phi) is 5.81. The molecule has 2 aromatic heterocycles. The van der Waals surface area contributed by atoms with Gasteiger partial charge in [-0.15, -0.1) is 0 Å². The van der Waals surface area contributed by atoms with E-state index in [1.54, 1.807) is 35.0 Å². The monoisotopic (exact) mass is 463 g/mol. The van der Waals surface area contributed by atoms with Crippen molar-refractivity contribution in [2.75, 3.05) is 10.6 Å². The molecule has 5 rings (SSSR count). The molecular weight excluding hydrogens is 441 g/mol. The topological polar surface area (TPSA) is 112 Å². The summed E-state index contributed by atoms with van der Waals surface area (Å²) in [4.78, 5) is 17.2. The van der Waals surface area contributed by atoms with Crippen LogP contribution in [0.1, 0.15) is 15.9 Å². The van der Waals surface area contributed by atoms with E-state index in [0.29, 0.717) is 34.7 Å². The zero-order valence-corrected chi connectivity index (χ0v) is 18.9. The number of hydrogen-bond acceptors (Lipinski definition) is 6. The molecule has 2 heterocycles. The average molecular weight is 463 g/mol. The molecule has 3 aromatic carbocycles. The van der Waals surface area contributed by atoms with Gasteiger partial charge in [-0.3, -0.25) is 4.79 Å². The third-order valence-electron chi connectivity index (χ3n) is 5.59. The molecule has 0 fully saturated rings. The lowest BCUT2D eigenvalue weighted by molar-refractivity contribution is 0.102. The maximum Gasteiger partial charge on any atom is 0.255 e. The molecule has 8 nitrogen and oxygen atoms in total. The molecule has 5 aromatic rings. The van der Waals surface area contributed by atoms with Crippen LogP contribution in [0.15, 0.2) is 85.1 Å². The zero-order chi connectivity index (χ0) is 24.4. The van der Waals surface area contributed by atoms with Crippen LogP contribution in [0.5, 0.6) is 11.5 Å². The van der Waals surface area contributed by atoms with Crippen molar-refractivity contribution >= 4 is 36.4 Å². The number of fused-ring (bicyclic) bond motifs is 1. The van der Waals surface area contributed by atoms with Crippen LogP contribution in [0.2, 0.25) is 0 Å². The van der Waals surface area contributed by atoms with E-state index >= 15 is 0 Å². The van der Waals surface area contributed by atoms with Crippen molar-refractivity contribution < 1.29 is 15.0 Å². The van der Waals surface area contributed by atoms with Crippen LogP contribution in [0, 0.1) is 0 Å². The van der Waals surface area contributed by atoms with E-state index in [1.165, 1.54) is 12.1 Å². The van der Waals surface area contributed by atoms with Gasteiger partial charge >= 0.3 is 0 Å². The molecule has 4 N–H and O–H groups in total. The number of carbonyl (C=O) groups is 1. The second-order valence-corrected chi connectivity index (χ2v) is 8.17. The van der Waals surface area contributed by atoms with Crippen molar-refractivity contribution in [2.45, 2.75) is 6.54 Å². The van der Waals surface area contributed by atoms with Crippen molar-refractivity contribution in [2.24, 2.45) is 0 Å². The summed E-state index contributed by atoms with van der Waals surface area (Å²) in [5.74, 6) is 0.607. The third kappa shape index (κ3) is 4.65. The van der Waals surface area contributed by atoms with Gasteiger partial charge in [-0.25, -0.2) is 4.98 Å². The maximum atomic E-state index is 12.5. The molecule has 0 saturated heterocycles. The van der Waals surface area contributed by atoms with Crippen LogP contribution in [0.4, 0.5) is 11.5 Å².